The van der Waals surface area contributed by atoms with E-state index in [2.05, 4.69) is 0 Å². The number of Topliss-reactive ketones (excluding diaryl/α,β-unsaturated/α-hetero) is 1. The first-order valence-electron chi connectivity index (χ1n) is 6.07. The maximum absolute atomic E-state index is 12.0. The first-order chi connectivity index (χ1) is 7.85. The van der Waals surface area contributed by atoms with Crippen LogP contribution in [0.3, 0.4) is 0 Å². The van der Waals surface area contributed by atoms with Crippen molar-refractivity contribution in [2.75, 3.05) is 13.1 Å². The first kappa shape index (κ1) is 14.0. The summed E-state index contributed by atoms with van der Waals surface area (Å²) >= 11 is 0. The molecule has 0 saturated carbocycles. The Labute approximate surface area is 102 Å². The molecule has 0 aromatic carbocycles. The lowest BCUT2D eigenvalue weighted by molar-refractivity contribution is -0.127. The molecule has 0 spiro atoms. The van der Waals surface area contributed by atoms with Gasteiger partial charge in [0.2, 0.25) is 0 Å². The first-order valence-corrected chi connectivity index (χ1v) is 6.07. The van der Waals surface area contributed by atoms with E-state index in [1.54, 1.807) is 0 Å². The molecule has 5 nitrogen and oxygen atoms in total. The number of ether oxygens (including phenoxy) is 1. The third kappa shape index (κ3) is 4.00. The summed E-state index contributed by atoms with van der Waals surface area (Å²) in [5.41, 5.74) is 4.94. The van der Waals surface area contributed by atoms with Crippen molar-refractivity contribution in [3.63, 3.8) is 0 Å². The van der Waals surface area contributed by atoms with Crippen LogP contribution < -0.4 is 5.73 Å². The Morgan fingerprint density at radius 2 is 2.18 bits per heavy atom. The molecular weight excluding hydrogens is 220 g/mol. The molecule has 1 atom stereocenters. The summed E-state index contributed by atoms with van der Waals surface area (Å²) in [6.07, 6.45) is 1.34. The third-order valence-electron chi connectivity index (χ3n) is 2.64. The fourth-order valence-corrected chi connectivity index (χ4v) is 1.93. The second-order valence-electron chi connectivity index (χ2n) is 5.34. The van der Waals surface area contributed by atoms with Crippen molar-refractivity contribution >= 4 is 11.9 Å². The highest BCUT2D eigenvalue weighted by Crippen LogP contribution is 2.19. The van der Waals surface area contributed by atoms with Gasteiger partial charge in [0.1, 0.15) is 5.60 Å². The van der Waals surface area contributed by atoms with Gasteiger partial charge in [-0.15, -0.1) is 0 Å². The molecule has 0 radical (unpaired) electrons. The van der Waals surface area contributed by atoms with Crippen LogP contribution in [0.5, 0.6) is 0 Å². The highest BCUT2D eigenvalue weighted by Gasteiger charge is 2.34. The van der Waals surface area contributed by atoms with Crippen molar-refractivity contribution in [3.8, 4) is 0 Å². The fourth-order valence-electron chi connectivity index (χ4n) is 1.93. The largest absolute Gasteiger partial charge is 0.444 e. The van der Waals surface area contributed by atoms with E-state index in [0.29, 0.717) is 32.4 Å². The summed E-state index contributed by atoms with van der Waals surface area (Å²) < 4.78 is 5.30. The molecule has 1 amide bonds. The van der Waals surface area contributed by atoms with Crippen molar-refractivity contribution in [3.05, 3.63) is 0 Å². The lowest BCUT2D eigenvalue weighted by Gasteiger charge is -2.35. The Bertz CT molecular complexity index is 297. The predicted octanol–water partition coefficient (Wildman–Crippen LogP) is 1.30. The molecule has 1 aliphatic heterocycles. The number of carbonyl (C=O) groups is 2. The summed E-state index contributed by atoms with van der Waals surface area (Å²) in [6.45, 7) is 6.42. The molecule has 1 aliphatic rings. The Morgan fingerprint density at radius 1 is 1.53 bits per heavy atom. The van der Waals surface area contributed by atoms with Crippen LogP contribution in [0.25, 0.3) is 0 Å². The molecule has 1 fully saturated rings. The number of ketones is 1. The van der Waals surface area contributed by atoms with E-state index in [1.165, 1.54) is 4.90 Å². The number of piperidine rings is 1. The van der Waals surface area contributed by atoms with Gasteiger partial charge in [0.25, 0.3) is 0 Å². The van der Waals surface area contributed by atoms with Crippen LogP contribution in [-0.4, -0.2) is 41.5 Å². The van der Waals surface area contributed by atoms with E-state index in [1.807, 2.05) is 20.8 Å². The molecule has 98 valence electrons. The molecule has 0 bridgehead atoms. The van der Waals surface area contributed by atoms with Crippen molar-refractivity contribution < 1.29 is 14.3 Å². The molecule has 2 N–H and O–H groups in total. The smallest absolute Gasteiger partial charge is 0.410 e. The SMILES string of the molecule is CC(C)(C)OC(=O)N1CCCC(=O)C1CCN. The number of nitrogens with two attached hydrogens (primary N) is 1. The quantitative estimate of drug-likeness (QED) is 0.792. The van der Waals surface area contributed by atoms with Gasteiger partial charge in [0, 0.05) is 13.0 Å². The zero-order valence-corrected chi connectivity index (χ0v) is 10.9. The number of likely N-dealkylation sites (tertiary alicyclic amines) is 1. The van der Waals surface area contributed by atoms with Crippen LogP contribution in [0.4, 0.5) is 4.79 Å². The zero-order valence-electron chi connectivity index (χ0n) is 10.9. The van der Waals surface area contributed by atoms with E-state index < -0.39 is 17.7 Å². The Hall–Kier alpha value is -1.10. The van der Waals surface area contributed by atoms with Gasteiger partial charge >= 0.3 is 6.09 Å². The molecule has 0 aromatic heterocycles. The van der Waals surface area contributed by atoms with E-state index in [-0.39, 0.29) is 5.78 Å². The minimum Gasteiger partial charge on any atom is -0.444 e. The van der Waals surface area contributed by atoms with Gasteiger partial charge in [0.05, 0.1) is 6.04 Å². The number of hydrogen-bond acceptors (Lipinski definition) is 4. The Morgan fingerprint density at radius 3 is 2.71 bits per heavy atom. The predicted molar refractivity (Wildman–Crippen MR) is 64.6 cm³/mol. The van der Waals surface area contributed by atoms with Gasteiger partial charge in [-0.2, -0.15) is 0 Å². The number of amides is 1. The van der Waals surface area contributed by atoms with Crippen LogP contribution in [0.2, 0.25) is 0 Å². The summed E-state index contributed by atoms with van der Waals surface area (Å²) in [5, 5.41) is 0. The van der Waals surface area contributed by atoms with Gasteiger partial charge in [-0.25, -0.2) is 4.79 Å². The maximum atomic E-state index is 12.0. The minimum absolute atomic E-state index is 0.0903. The number of carbonyl (C=O) groups excluding carboxylic acids is 2. The average Bonchev–Trinajstić information content (AvgIpc) is 2.18. The number of nitrogens with zero attached hydrogens (tertiary/aromatic N) is 1. The molecule has 0 aliphatic carbocycles. The van der Waals surface area contributed by atoms with E-state index in [4.69, 9.17) is 10.5 Å². The van der Waals surface area contributed by atoms with Crippen LogP contribution in [0, 0.1) is 0 Å². The molecule has 1 rings (SSSR count). The second kappa shape index (κ2) is 5.49. The summed E-state index contributed by atoms with van der Waals surface area (Å²) in [4.78, 5) is 25.2. The van der Waals surface area contributed by atoms with Gasteiger partial charge in [-0.3, -0.25) is 9.69 Å². The minimum atomic E-state index is -0.537. The van der Waals surface area contributed by atoms with E-state index in [9.17, 15) is 9.59 Å². The lowest BCUT2D eigenvalue weighted by atomic mass is 9.98. The van der Waals surface area contributed by atoms with Crippen LogP contribution in [0.15, 0.2) is 0 Å². The average molecular weight is 242 g/mol. The van der Waals surface area contributed by atoms with Crippen molar-refractivity contribution in [2.45, 2.75) is 51.7 Å². The number of rotatable bonds is 2. The van der Waals surface area contributed by atoms with E-state index >= 15 is 0 Å². The molecular formula is C12H22N2O3. The van der Waals surface area contributed by atoms with Gasteiger partial charge in [-0.05, 0) is 40.2 Å². The summed E-state index contributed by atoms with van der Waals surface area (Å²) in [6, 6.07) is -0.399. The maximum Gasteiger partial charge on any atom is 0.410 e. The molecule has 5 heteroatoms. The molecule has 1 saturated heterocycles. The molecule has 17 heavy (non-hydrogen) atoms. The highest BCUT2D eigenvalue weighted by atomic mass is 16.6. The molecule has 1 heterocycles. The Balaban J connectivity index is 2.71. The Kier molecular flexibility index (Phi) is 4.51. The van der Waals surface area contributed by atoms with Gasteiger partial charge in [-0.1, -0.05) is 0 Å². The fraction of sp³-hybridized carbons (Fsp3) is 0.833. The van der Waals surface area contributed by atoms with E-state index in [0.717, 1.165) is 0 Å². The molecule has 0 aromatic rings. The zero-order chi connectivity index (χ0) is 13.1. The van der Waals surface area contributed by atoms with Crippen LogP contribution in [-0.2, 0) is 9.53 Å². The monoisotopic (exact) mass is 242 g/mol. The standard InChI is InChI=1S/C12H22N2O3/c1-12(2,3)17-11(16)14-8-4-5-10(15)9(14)6-7-13/h9H,4-8,13H2,1-3H3. The molecule has 1 unspecified atom stereocenters. The number of hydrogen-bond donors (Lipinski definition) is 1. The lowest BCUT2D eigenvalue weighted by Crippen LogP contribution is -2.51. The summed E-state index contributed by atoms with van der Waals surface area (Å²) in [7, 11) is 0. The van der Waals surface area contributed by atoms with Crippen molar-refractivity contribution in [1.29, 1.82) is 0 Å². The highest BCUT2D eigenvalue weighted by molar-refractivity contribution is 5.88. The van der Waals surface area contributed by atoms with Gasteiger partial charge < -0.3 is 10.5 Å². The topological polar surface area (TPSA) is 72.6 Å². The van der Waals surface area contributed by atoms with Crippen molar-refractivity contribution in [1.82, 2.24) is 4.90 Å². The van der Waals surface area contributed by atoms with Gasteiger partial charge in [0.15, 0.2) is 5.78 Å². The van der Waals surface area contributed by atoms with Crippen LogP contribution >= 0.6 is 0 Å². The normalized spacial score (nSPS) is 21.5. The summed E-state index contributed by atoms with van der Waals surface area (Å²) in [5.74, 6) is 0.0903. The third-order valence-corrected chi connectivity index (χ3v) is 2.64. The van der Waals surface area contributed by atoms with Crippen LogP contribution in [0.1, 0.15) is 40.0 Å². The second-order valence-corrected chi connectivity index (χ2v) is 5.34. The van der Waals surface area contributed by atoms with Crippen molar-refractivity contribution in [2.24, 2.45) is 5.73 Å².